The summed E-state index contributed by atoms with van der Waals surface area (Å²) in [6.07, 6.45) is 7.10. The summed E-state index contributed by atoms with van der Waals surface area (Å²) < 4.78 is 155. The van der Waals surface area contributed by atoms with Gasteiger partial charge in [0.2, 0.25) is 23.5 Å². The number of ether oxygens (including phenoxy) is 1. The van der Waals surface area contributed by atoms with Crippen LogP contribution >= 0.6 is 0 Å². The number of alkyl halides is 3. The van der Waals surface area contributed by atoms with E-state index < -0.39 is 119 Å². The number of amides is 4. The number of carboxylic acid groups (broad SMARTS) is 2. The van der Waals surface area contributed by atoms with Crippen LogP contribution in [0.15, 0.2) is 177 Å². The van der Waals surface area contributed by atoms with Gasteiger partial charge in [-0.15, -0.1) is 0 Å². The van der Waals surface area contributed by atoms with Crippen LogP contribution in [0, 0.1) is 0 Å². The van der Waals surface area contributed by atoms with Gasteiger partial charge in [0.15, 0.2) is 16.9 Å². The Morgan fingerprint density at radius 2 is 1.38 bits per heavy atom. The highest BCUT2D eigenvalue weighted by Gasteiger charge is 2.47. The lowest BCUT2D eigenvalue weighted by Crippen LogP contribution is -2.44. The molecule has 0 fully saturated rings. The number of carbonyl (C=O) groups excluding carboxylic acids is 4. The van der Waals surface area contributed by atoms with Gasteiger partial charge in [-0.25, -0.2) is 19.6 Å². The number of nitrogens with two attached hydrogens (primary N) is 1. The number of halogens is 3. The molecule has 36 heteroatoms. The number of nitrogens with zero attached hydrogens (tertiary/aromatic N) is 6. The van der Waals surface area contributed by atoms with Crippen molar-refractivity contribution in [3.8, 4) is 5.75 Å². The molecule has 30 nitrogen and oxygen atoms in total. The van der Waals surface area contributed by atoms with Crippen molar-refractivity contribution in [2.45, 2.75) is 176 Å². The van der Waals surface area contributed by atoms with Crippen LogP contribution in [0.2, 0.25) is 0 Å². The number of anilines is 3. The molecule has 0 radical (unpaired) electrons. The number of H-pyrrole nitrogens is 1. The monoisotopic (exact) mass is 1680 g/mol. The minimum atomic E-state index is -5.40. The minimum Gasteiger partial charge on any atom is -0.480 e. The van der Waals surface area contributed by atoms with Gasteiger partial charge < -0.3 is 41.5 Å². The number of allylic oxidation sites excluding steroid dienone is 7. The van der Waals surface area contributed by atoms with E-state index in [2.05, 4.69) is 73.4 Å². The molecule has 2 aromatic heterocycles. The largest absolute Gasteiger partial charge is 0.480 e. The van der Waals surface area contributed by atoms with E-state index in [1.165, 1.54) is 31.2 Å². The molecule has 0 saturated carbocycles. The number of hydrogen-bond acceptors (Lipinski definition) is 19. The first-order valence-electron chi connectivity index (χ1n) is 37.9. The van der Waals surface area contributed by atoms with Gasteiger partial charge in [-0.3, -0.25) is 47.5 Å². The van der Waals surface area contributed by atoms with Gasteiger partial charge in [-0.05, 0) is 207 Å². The highest BCUT2D eigenvalue weighted by atomic mass is 32.2. The van der Waals surface area contributed by atoms with Crippen LogP contribution in [0.25, 0.3) is 32.7 Å². The average Bonchev–Trinajstić information content (AvgIpc) is 1.57. The first-order valence-corrected chi connectivity index (χ1v) is 42.3. The number of aromatic nitrogens is 4. The zero-order valence-corrected chi connectivity index (χ0v) is 67.6. The van der Waals surface area contributed by atoms with E-state index in [9.17, 15) is 95.9 Å². The van der Waals surface area contributed by atoms with E-state index in [0.717, 1.165) is 99.3 Å². The summed E-state index contributed by atoms with van der Waals surface area (Å²) in [5.41, 5.74) is 9.44. The van der Waals surface area contributed by atoms with E-state index in [1.54, 1.807) is 30.3 Å². The number of aryl methyl sites for hydroxylation is 1. The fourth-order valence-electron chi connectivity index (χ4n) is 15.1. The molecule has 1 unspecified atom stereocenters. The van der Waals surface area contributed by atoms with Crippen LogP contribution < -0.4 is 41.8 Å². The predicted octanol–water partition coefficient (Wildman–Crippen LogP) is 11.2. The van der Waals surface area contributed by atoms with E-state index in [4.69, 9.17) is 10.5 Å². The Kier molecular flexibility index (Phi) is 26.1. The van der Waals surface area contributed by atoms with Crippen LogP contribution in [0.4, 0.5) is 36.2 Å². The molecule has 6 aromatic carbocycles. The number of nitrogens with one attached hydrogen (secondary N) is 4. The van der Waals surface area contributed by atoms with Crippen molar-refractivity contribution in [2.24, 2.45) is 0 Å². The molecule has 2 aliphatic heterocycles. The van der Waals surface area contributed by atoms with Gasteiger partial charge >= 0.3 is 24.0 Å². The fraction of sp³-hybridized carbons (Fsp3) is 0.354. The van der Waals surface area contributed by atoms with Crippen LogP contribution in [0.5, 0.6) is 5.75 Å². The van der Waals surface area contributed by atoms with Gasteiger partial charge in [-0.1, -0.05) is 63.6 Å². The number of unbranched alkanes of at least 4 members (excludes halogenated alkanes) is 2. The molecule has 11 N–H and O–H groups in total. The van der Waals surface area contributed by atoms with Gasteiger partial charge in [-0.2, -0.15) is 48.0 Å². The molecule has 0 spiro atoms. The Balaban J connectivity index is 0.746. The topological polar surface area (TPSA) is 458 Å². The number of rotatable bonds is 33. The summed E-state index contributed by atoms with van der Waals surface area (Å²) in [4.78, 5) is 105. The van der Waals surface area contributed by atoms with E-state index in [1.807, 2.05) is 61.2 Å². The molecule has 3 atom stereocenters. The van der Waals surface area contributed by atoms with E-state index >= 15 is 0 Å². The molecule has 11 rings (SSSR count). The van der Waals surface area contributed by atoms with Crippen molar-refractivity contribution in [3.63, 3.8) is 0 Å². The van der Waals surface area contributed by atoms with Gasteiger partial charge in [0, 0.05) is 78.1 Å². The molecule has 118 heavy (non-hydrogen) atoms. The molecular weight excluding hydrogens is 1600 g/mol. The Morgan fingerprint density at radius 3 is 2.01 bits per heavy atom. The second-order valence-corrected chi connectivity index (χ2v) is 34.9. The molecule has 3 aliphatic rings. The normalized spacial score (nSPS) is 16.3. The third-order valence-corrected chi connectivity index (χ3v) is 24.2. The first kappa shape index (κ1) is 87.3. The summed E-state index contributed by atoms with van der Waals surface area (Å²) in [5.74, 6) is -6.76. The zero-order valence-electron chi connectivity index (χ0n) is 65.1. The lowest BCUT2D eigenvalue weighted by Gasteiger charge is -2.28. The maximum absolute atomic E-state index is 13.9. The standard InChI is InChI=1S/C82H88F3N11O19S3/c1-7-8-41-94-63-33-20-52-43-57(117(109,110)111)28-30-59(52)69(63)80(3,4)65(94)35-22-49-12-11-13-50(23-36-66-81(5,6)70-60-31-29-58(118(112,113)114)44-53(60)21-34-64(70)95(66)42-39-47(2)116(106,107)108)72(49)115-56-26-15-48(16-27-56)17-37-67(97)87-40-10-9-14-61(76(101)102)90-68(98)38-32-62(77(103)104)91-74(99)51-18-24-55(25-19-51)96(78(105)82(83,84)85)46-54-45-88-73-71(89-54)75(100)93-79(86)92-73/h15-16,18-31,33-36,43-45,47,61-62H,7-14,17,32,37-42,46H2,1-6H3,(H10-,86,87,88,90,91,92,93,97,98,99,100,101,102,103,104,106,107,108,109,110,111,112,113,114)/p+1/t47?,61-,62-/m0/s1. The molecule has 1 aliphatic carbocycles. The molecule has 8 aromatic rings. The van der Waals surface area contributed by atoms with Gasteiger partial charge in [0.25, 0.3) is 41.8 Å². The molecular formula is C82H89F3N11O19S3+. The van der Waals surface area contributed by atoms with Crippen molar-refractivity contribution in [1.82, 2.24) is 35.9 Å². The van der Waals surface area contributed by atoms with Crippen LogP contribution in [0.3, 0.4) is 0 Å². The smallest absolute Gasteiger partial charge is 0.471 e. The quantitative estimate of drug-likeness (QED) is 0.0104. The lowest BCUT2D eigenvalue weighted by atomic mass is 9.78. The minimum absolute atomic E-state index is 0.0342. The maximum atomic E-state index is 13.9. The number of fused-ring (bicyclic) bond motifs is 7. The SMILES string of the molecule is CCCC[N+]1=C(/C=C/C2=C(Oc3ccc(CCC(=O)NCCCC[C@H](NC(=O)CC[C@H](NC(=O)c4ccc(N(Cc5cnc6nc(N)[nH]c(=O)c6n5)C(=O)C(F)(F)F)cc4)C(=O)O)C(=O)O)cc3)C(=C/C=C3/N(CCC(C)S(=O)(=O)O)c4ccc5cc(S(=O)(=O)O)ccc5c4C3(C)C)/CCC2)C(C)(C)c2c1ccc1cc(S(=O)(=O)O)ccc21. The Morgan fingerprint density at radius 1 is 0.737 bits per heavy atom. The summed E-state index contributed by atoms with van der Waals surface area (Å²) >= 11 is 0. The lowest BCUT2D eigenvalue weighted by molar-refractivity contribution is -0.438. The van der Waals surface area contributed by atoms with Gasteiger partial charge in [0.1, 0.15) is 30.1 Å². The summed E-state index contributed by atoms with van der Waals surface area (Å²) in [5, 5.41) is 29.0. The second kappa shape index (κ2) is 35.3. The van der Waals surface area contributed by atoms with Crippen LogP contribution in [-0.2, 0) is 78.1 Å². The number of nitrogen functional groups attached to an aromatic ring is 1. The van der Waals surface area contributed by atoms with Crippen molar-refractivity contribution >= 4 is 127 Å². The maximum Gasteiger partial charge on any atom is 0.471 e. The number of carboxylic acids is 2. The van der Waals surface area contributed by atoms with Crippen LogP contribution in [-0.4, -0.2) is 158 Å². The Bertz CT molecular complexity index is 5930. The highest BCUT2D eigenvalue weighted by molar-refractivity contribution is 7.86. The van der Waals surface area contributed by atoms with Crippen molar-refractivity contribution in [2.75, 3.05) is 35.2 Å². The summed E-state index contributed by atoms with van der Waals surface area (Å²) in [6, 6.07) is 24.5. The molecule has 624 valence electrons. The van der Waals surface area contributed by atoms with Crippen molar-refractivity contribution in [1.29, 1.82) is 0 Å². The summed E-state index contributed by atoms with van der Waals surface area (Å²) in [7, 11) is -13.5. The van der Waals surface area contributed by atoms with Gasteiger partial charge in [0.05, 0.1) is 38.9 Å². The van der Waals surface area contributed by atoms with E-state index in [-0.39, 0.29) is 93.4 Å². The number of hydrogen-bond donors (Lipinski definition) is 10. The van der Waals surface area contributed by atoms with E-state index in [0.29, 0.717) is 66.3 Å². The number of aliphatic carboxylic acids is 2. The fourth-order valence-corrected chi connectivity index (χ4v) is 16.5. The Labute approximate surface area is 677 Å². The predicted molar refractivity (Wildman–Crippen MR) is 433 cm³/mol. The second-order valence-electron chi connectivity index (χ2n) is 30.2. The van der Waals surface area contributed by atoms with Crippen molar-refractivity contribution < 1.29 is 100 Å². The number of aromatic amines is 1. The highest BCUT2D eigenvalue weighted by Crippen LogP contribution is 2.52. The van der Waals surface area contributed by atoms with Crippen LogP contribution in [0.1, 0.15) is 151 Å². The summed E-state index contributed by atoms with van der Waals surface area (Å²) in [6.45, 7) is 11.9. The molecule has 4 heterocycles. The zero-order chi connectivity index (χ0) is 85.7. The average molecular weight is 1690 g/mol. The third-order valence-electron chi connectivity index (χ3n) is 21.2. The Hall–Kier alpha value is -11.6. The number of carbonyl (C=O) groups is 6. The molecule has 0 bridgehead atoms. The molecule has 4 amide bonds. The third kappa shape index (κ3) is 20.0. The number of benzene rings is 6. The first-order chi connectivity index (χ1) is 55.5. The van der Waals surface area contributed by atoms with Crippen molar-refractivity contribution in [3.05, 3.63) is 201 Å². The molecule has 0 saturated heterocycles.